The highest BCUT2D eigenvalue weighted by molar-refractivity contribution is 5.92. The van der Waals surface area contributed by atoms with Crippen LogP contribution in [-0.4, -0.2) is 10.9 Å². The first kappa shape index (κ1) is 15.9. The van der Waals surface area contributed by atoms with Gasteiger partial charge in [0.15, 0.2) is 0 Å². The molecule has 0 unspecified atom stereocenters. The van der Waals surface area contributed by atoms with Crippen molar-refractivity contribution >= 4 is 11.6 Å². The van der Waals surface area contributed by atoms with Crippen LogP contribution in [0, 0.1) is 5.82 Å². The summed E-state index contributed by atoms with van der Waals surface area (Å²) in [5.74, 6) is -0.424. The number of aromatic nitrogens is 1. The van der Waals surface area contributed by atoms with E-state index >= 15 is 0 Å². The first-order valence-corrected chi connectivity index (χ1v) is 7.71. The summed E-state index contributed by atoms with van der Waals surface area (Å²) >= 11 is 0. The zero-order chi connectivity index (χ0) is 16.8. The lowest BCUT2D eigenvalue weighted by Crippen LogP contribution is -2.14. The Hall–Kier alpha value is -3.01. The van der Waals surface area contributed by atoms with E-state index < -0.39 is 0 Å². The van der Waals surface area contributed by atoms with Gasteiger partial charge in [-0.15, -0.1) is 0 Å². The Morgan fingerprint density at radius 1 is 0.833 bits per heavy atom. The number of benzene rings is 2. The molecule has 0 aliphatic heterocycles. The monoisotopic (exact) mass is 320 g/mol. The van der Waals surface area contributed by atoms with E-state index in [4.69, 9.17) is 0 Å². The number of hydrogen-bond acceptors (Lipinski definition) is 2. The maximum absolute atomic E-state index is 12.9. The molecule has 0 saturated carbocycles. The molecule has 0 spiro atoms. The summed E-state index contributed by atoms with van der Waals surface area (Å²) in [5.41, 5.74) is 3.89. The van der Waals surface area contributed by atoms with E-state index in [0.717, 1.165) is 23.2 Å². The minimum Gasteiger partial charge on any atom is -0.326 e. The van der Waals surface area contributed by atoms with Crippen molar-refractivity contribution in [2.75, 3.05) is 5.32 Å². The van der Waals surface area contributed by atoms with Gasteiger partial charge >= 0.3 is 0 Å². The number of rotatable bonds is 5. The van der Waals surface area contributed by atoms with Crippen LogP contribution in [-0.2, 0) is 17.6 Å². The van der Waals surface area contributed by atoms with E-state index in [1.165, 1.54) is 17.7 Å². The lowest BCUT2D eigenvalue weighted by Gasteiger charge is -2.07. The van der Waals surface area contributed by atoms with Gasteiger partial charge in [-0.05, 0) is 59.5 Å². The summed E-state index contributed by atoms with van der Waals surface area (Å²) in [5, 5.41) is 2.85. The molecule has 120 valence electrons. The number of nitrogens with one attached hydrogen (secondary N) is 1. The molecule has 3 aromatic rings. The molecule has 0 saturated heterocycles. The molecule has 3 nitrogen and oxygen atoms in total. The number of anilines is 1. The SMILES string of the molecule is O=C(Cc1ccc(F)cc1)Nc1ccc(Cc2ccncc2)cc1. The van der Waals surface area contributed by atoms with Crippen LogP contribution in [0.4, 0.5) is 10.1 Å². The standard InChI is InChI=1S/C20H17FN2O/c21-18-5-1-16(2-6-18)14-20(24)23-19-7-3-15(4-8-19)13-17-9-11-22-12-10-17/h1-12H,13-14H2,(H,23,24). The maximum atomic E-state index is 12.9. The largest absolute Gasteiger partial charge is 0.326 e. The molecule has 24 heavy (non-hydrogen) atoms. The average Bonchev–Trinajstić information content (AvgIpc) is 2.60. The quantitative estimate of drug-likeness (QED) is 0.772. The molecular formula is C20H17FN2O. The summed E-state index contributed by atoms with van der Waals surface area (Å²) in [6.45, 7) is 0. The fraction of sp³-hybridized carbons (Fsp3) is 0.100. The van der Waals surface area contributed by atoms with E-state index in [9.17, 15) is 9.18 Å². The minimum absolute atomic E-state index is 0.122. The summed E-state index contributed by atoms with van der Waals surface area (Å²) in [4.78, 5) is 16.0. The van der Waals surface area contributed by atoms with Crippen molar-refractivity contribution in [3.05, 3.63) is 95.6 Å². The molecule has 0 radical (unpaired) electrons. The van der Waals surface area contributed by atoms with Crippen LogP contribution in [0.15, 0.2) is 73.1 Å². The first-order chi connectivity index (χ1) is 11.7. The molecule has 4 heteroatoms. The molecule has 0 bridgehead atoms. The number of carbonyl (C=O) groups excluding carboxylic acids is 1. The fourth-order valence-corrected chi connectivity index (χ4v) is 2.44. The number of amides is 1. The number of pyridine rings is 1. The van der Waals surface area contributed by atoms with E-state index in [2.05, 4.69) is 10.3 Å². The highest BCUT2D eigenvalue weighted by Crippen LogP contribution is 2.14. The van der Waals surface area contributed by atoms with Crippen LogP contribution in [0.3, 0.4) is 0 Å². The van der Waals surface area contributed by atoms with E-state index in [-0.39, 0.29) is 18.1 Å². The Morgan fingerprint density at radius 2 is 1.42 bits per heavy atom. The van der Waals surface area contributed by atoms with Crippen LogP contribution >= 0.6 is 0 Å². The second kappa shape index (κ2) is 7.51. The molecule has 2 aromatic carbocycles. The van der Waals surface area contributed by atoms with E-state index in [1.54, 1.807) is 24.5 Å². The normalized spacial score (nSPS) is 10.4. The van der Waals surface area contributed by atoms with Crippen molar-refractivity contribution in [1.82, 2.24) is 4.98 Å². The first-order valence-electron chi connectivity index (χ1n) is 7.71. The predicted molar refractivity (Wildman–Crippen MR) is 92.2 cm³/mol. The van der Waals surface area contributed by atoms with Gasteiger partial charge in [0.2, 0.25) is 5.91 Å². The third-order valence-electron chi connectivity index (χ3n) is 3.67. The van der Waals surface area contributed by atoms with Crippen molar-refractivity contribution in [2.45, 2.75) is 12.8 Å². The van der Waals surface area contributed by atoms with Gasteiger partial charge in [0.1, 0.15) is 5.82 Å². The van der Waals surface area contributed by atoms with Gasteiger partial charge in [-0.25, -0.2) is 4.39 Å². The molecule has 1 aromatic heterocycles. The molecule has 0 aliphatic rings. The fourth-order valence-electron chi connectivity index (χ4n) is 2.44. The van der Waals surface area contributed by atoms with Crippen molar-refractivity contribution < 1.29 is 9.18 Å². The summed E-state index contributed by atoms with van der Waals surface area (Å²) < 4.78 is 12.9. The smallest absolute Gasteiger partial charge is 0.228 e. The van der Waals surface area contributed by atoms with E-state index in [1.807, 2.05) is 36.4 Å². The summed E-state index contributed by atoms with van der Waals surface area (Å²) in [7, 11) is 0. The molecule has 1 N–H and O–H groups in total. The van der Waals surface area contributed by atoms with Crippen molar-refractivity contribution in [2.24, 2.45) is 0 Å². The third kappa shape index (κ3) is 4.49. The second-order valence-electron chi connectivity index (χ2n) is 5.58. The molecular weight excluding hydrogens is 303 g/mol. The molecule has 3 rings (SSSR count). The second-order valence-corrected chi connectivity index (χ2v) is 5.58. The van der Waals surface area contributed by atoms with Gasteiger partial charge in [0.05, 0.1) is 6.42 Å². The molecule has 0 aliphatic carbocycles. The molecule has 0 atom stereocenters. The summed E-state index contributed by atoms with van der Waals surface area (Å²) in [6.07, 6.45) is 4.60. The number of halogens is 1. The van der Waals surface area contributed by atoms with Gasteiger partial charge < -0.3 is 5.32 Å². The van der Waals surface area contributed by atoms with Crippen molar-refractivity contribution in [3.63, 3.8) is 0 Å². The minimum atomic E-state index is -0.302. The van der Waals surface area contributed by atoms with Gasteiger partial charge in [-0.2, -0.15) is 0 Å². The zero-order valence-electron chi connectivity index (χ0n) is 13.1. The van der Waals surface area contributed by atoms with Gasteiger partial charge in [-0.3, -0.25) is 9.78 Å². The van der Waals surface area contributed by atoms with Gasteiger partial charge in [-0.1, -0.05) is 24.3 Å². The number of hydrogen-bond donors (Lipinski definition) is 1. The van der Waals surface area contributed by atoms with Crippen LogP contribution in [0.25, 0.3) is 0 Å². The van der Waals surface area contributed by atoms with Crippen LogP contribution in [0.1, 0.15) is 16.7 Å². The van der Waals surface area contributed by atoms with Crippen molar-refractivity contribution in [1.29, 1.82) is 0 Å². The molecule has 0 fully saturated rings. The Kier molecular flexibility index (Phi) is 4.96. The Labute approximate surface area is 140 Å². The maximum Gasteiger partial charge on any atom is 0.228 e. The lowest BCUT2D eigenvalue weighted by molar-refractivity contribution is -0.115. The summed E-state index contributed by atoms with van der Waals surface area (Å²) in [6, 6.07) is 17.7. The lowest BCUT2D eigenvalue weighted by atomic mass is 10.1. The van der Waals surface area contributed by atoms with Crippen LogP contribution in [0.2, 0.25) is 0 Å². The number of nitrogens with zero attached hydrogens (tertiary/aromatic N) is 1. The van der Waals surface area contributed by atoms with Crippen LogP contribution in [0.5, 0.6) is 0 Å². The molecule has 1 heterocycles. The third-order valence-corrected chi connectivity index (χ3v) is 3.67. The average molecular weight is 320 g/mol. The highest BCUT2D eigenvalue weighted by Gasteiger charge is 2.05. The number of carbonyl (C=O) groups is 1. The zero-order valence-corrected chi connectivity index (χ0v) is 13.1. The highest BCUT2D eigenvalue weighted by atomic mass is 19.1. The predicted octanol–water partition coefficient (Wildman–Crippen LogP) is 3.99. The Bertz CT molecular complexity index is 799. The Balaban J connectivity index is 1.57. The topological polar surface area (TPSA) is 42.0 Å². The van der Waals surface area contributed by atoms with Gasteiger partial charge in [0.25, 0.3) is 0 Å². The Morgan fingerprint density at radius 3 is 2.08 bits per heavy atom. The van der Waals surface area contributed by atoms with Gasteiger partial charge in [0, 0.05) is 18.1 Å². The molecule has 1 amide bonds. The van der Waals surface area contributed by atoms with E-state index in [0.29, 0.717) is 0 Å². The van der Waals surface area contributed by atoms with Crippen molar-refractivity contribution in [3.8, 4) is 0 Å². The van der Waals surface area contributed by atoms with Crippen LogP contribution < -0.4 is 5.32 Å².